The molecule has 19 heavy (non-hydrogen) atoms. The largest absolute Gasteiger partial charge is 0.495 e. The molecule has 2 unspecified atom stereocenters. The molecule has 1 aliphatic carbocycles. The Labute approximate surface area is 116 Å². The van der Waals surface area contributed by atoms with E-state index in [2.05, 4.69) is 17.2 Å². The number of pyridine rings is 1. The molecular formula is C16H26N2O. The van der Waals surface area contributed by atoms with E-state index >= 15 is 0 Å². The van der Waals surface area contributed by atoms with Crippen LogP contribution in [0.15, 0.2) is 18.3 Å². The molecule has 0 aliphatic heterocycles. The van der Waals surface area contributed by atoms with Crippen LogP contribution < -0.4 is 10.1 Å². The molecule has 1 heterocycles. The van der Waals surface area contributed by atoms with Crippen molar-refractivity contribution in [1.29, 1.82) is 0 Å². The molecule has 3 heteroatoms. The average Bonchev–Trinajstić information content (AvgIpc) is 2.70. The van der Waals surface area contributed by atoms with Gasteiger partial charge in [0.05, 0.1) is 12.8 Å². The van der Waals surface area contributed by atoms with Crippen LogP contribution in [0.1, 0.15) is 57.1 Å². The van der Waals surface area contributed by atoms with Gasteiger partial charge < -0.3 is 10.1 Å². The maximum Gasteiger partial charge on any atom is 0.140 e. The first-order chi connectivity index (χ1) is 9.35. The van der Waals surface area contributed by atoms with Gasteiger partial charge >= 0.3 is 0 Å². The van der Waals surface area contributed by atoms with Crippen LogP contribution in [0.25, 0.3) is 0 Å². The minimum atomic E-state index is 0.535. The predicted octanol–water partition coefficient (Wildman–Crippen LogP) is 3.51. The maximum atomic E-state index is 5.47. The second-order valence-electron chi connectivity index (χ2n) is 5.46. The smallest absolute Gasteiger partial charge is 0.140 e. The minimum absolute atomic E-state index is 0.535. The Bertz CT molecular complexity index is 381. The van der Waals surface area contributed by atoms with E-state index in [1.165, 1.54) is 38.5 Å². The van der Waals surface area contributed by atoms with Crippen molar-refractivity contribution in [2.24, 2.45) is 0 Å². The molecule has 1 aromatic rings. The van der Waals surface area contributed by atoms with E-state index in [-0.39, 0.29) is 0 Å². The first kappa shape index (κ1) is 14.3. The summed E-state index contributed by atoms with van der Waals surface area (Å²) >= 11 is 0. The van der Waals surface area contributed by atoms with Gasteiger partial charge in [0, 0.05) is 18.2 Å². The number of ether oxygens (including phenoxy) is 1. The molecule has 0 amide bonds. The maximum absolute atomic E-state index is 5.47. The fourth-order valence-corrected chi connectivity index (χ4v) is 3.02. The van der Waals surface area contributed by atoms with E-state index in [1.54, 1.807) is 7.11 Å². The summed E-state index contributed by atoms with van der Waals surface area (Å²) in [5.74, 6) is 1.48. The highest BCUT2D eigenvalue weighted by molar-refractivity contribution is 5.30. The zero-order chi connectivity index (χ0) is 13.5. The summed E-state index contributed by atoms with van der Waals surface area (Å²) in [4.78, 5) is 4.58. The summed E-state index contributed by atoms with van der Waals surface area (Å²) in [6.45, 7) is 3.35. The van der Waals surface area contributed by atoms with Gasteiger partial charge in [-0.1, -0.05) is 19.8 Å². The topological polar surface area (TPSA) is 34.2 Å². The number of aromatic nitrogens is 1. The van der Waals surface area contributed by atoms with E-state index in [1.807, 2.05) is 18.3 Å². The van der Waals surface area contributed by atoms with E-state index in [0.717, 1.165) is 18.0 Å². The summed E-state index contributed by atoms with van der Waals surface area (Å²) < 4.78 is 5.47. The minimum Gasteiger partial charge on any atom is -0.495 e. The third-order valence-electron chi connectivity index (χ3n) is 4.01. The summed E-state index contributed by atoms with van der Waals surface area (Å²) in [6.07, 6.45) is 9.43. The van der Waals surface area contributed by atoms with Gasteiger partial charge in [-0.15, -0.1) is 0 Å². The highest BCUT2D eigenvalue weighted by Crippen LogP contribution is 2.35. The molecule has 0 bridgehead atoms. The second kappa shape index (κ2) is 7.49. The predicted molar refractivity (Wildman–Crippen MR) is 78.7 cm³/mol. The van der Waals surface area contributed by atoms with Gasteiger partial charge in [0.15, 0.2) is 0 Å². The van der Waals surface area contributed by atoms with Crippen molar-refractivity contribution in [3.63, 3.8) is 0 Å². The van der Waals surface area contributed by atoms with Crippen LogP contribution in [0.2, 0.25) is 0 Å². The Morgan fingerprint density at radius 1 is 1.37 bits per heavy atom. The van der Waals surface area contributed by atoms with E-state index < -0.39 is 0 Å². The van der Waals surface area contributed by atoms with Crippen LogP contribution in [0.5, 0.6) is 5.75 Å². The Kier molecular flexibility index (Phi) is 5.64. The quantitative estimate of drug-likeness (QED) is 0.825. The van der Waals surface area contributed by atoms with Gasteiger partial charge in [0.1, 0.15) is 5.75 Å². The van der Waals surface area contributed by atoms with Crippen LogP contribution in [0.4, 0.5) is 0 Å². The molecule has 1 aromatic heterocycles. The van der Waals surface area contributed by atoms with E-state index in [9.17, 15) is 0 Å². The van der Waals surface area contributed by atoms with Gasteiger partial charge in [-0.2, -0.15) is 0 Å². The van der Waals surface area contributed by atoms with Gasteiger partial charge in [0.25, 0.3) is 0 Å². The van der Waals surface area contributed by atoms with Crippen LogP contribution in [0.3, 0.4) is 0 Å². The first-order valence-electron chi connectivity index (χ1n) is 7.57. The molecule has 0 saturated heterocycles. The summed E-state index contributed by atoms with van der Waals surface area (Å²) in [6, 6.07) is 4.62. The first-order valence-corrected chi connectivity index (χ1v) is 7.57. The number of hydrogen-bond donors (Lipinski definition) is 1. The lowest BCUT2D eigenvalue weighted by molar-refractivity contribution is 0.388. The zero-order valence-electron chi connectivity index (χ0n) is 12.2. The molecule has 1 N–H and O–H groups in total. The molecule has 1 fully saturated rings. The van der Waals surface area contributed by atoms with Crippen LogP contribution in [0, 0.1) is 0 Å². The third-order valence-corrected chi connectivity index (χ3v) is 4.01. The molecule has 2 atom stereocenters. The molecule has 3 nitrogen and oxygen atoms in total. The normalized spacial score (nSPS) is 23.9. The lowest BCUT2D eigenvalue weighted by Gasteiger charge is -2.22. The molecule has 0 spiro atoms. The zero-order valence-corrected chi connectivity index (χ0v) is 12.2. The fourth-order valence-electron chi connectivity index (χ4n) is 3.02. The fraction of sp³-hybridized carbons (Fsp3) is 0.688. The monoisotopic (exact) mass is 262 g/mol. The highest BCUT2D eigenvalue weighted by atomic mass is 16.5. The Balaban J connectivity index is 2.08. The van der Waals surface area contributed by atoms with Crippen molar-refractivity contribution >= 4 is 0 Å². The van der Waals surface area contributed by atoms with Crippen LogP contribution in [-0.4, -0.2) is 24.7 Å². The summed E-state index contributed by atoms with van der Waals surface area (Å²) in [5, 5.41) is 3.68. The Morgan fingerprint density at radius 3 is 3.00 bits per heavy atom. The summed E-state index contributed by atoms with van der Waals surface area (Å²) in [5.41, 5.74) is 1.15. The average molecular weight is 262 g/mol. The van der Waals surface area contributed by atoms with Crippen molar-refractivity contribution in [3.8, 4) is 5.75 Å². The van der Waals surface area contributed by atoms with Gasteiger partial charge in [0.2, 0.25) is 0 Å². The molecule has 106 valence electrons. The Morgan fingerprint density at radius 2 is 2.21 bits per heavy atom. The number of methoxy groups -OCH3 is 1. The van der Waals surface area contributed by atoms with Gasteiger partial charge in [-0.05, 0) is 44.4 Å². The van der Waals surface area contributed by atoms with E-state index in [4.69, 9.17) is 4.74 Å². The van der Waals surface area contributed by atoms with Gasteiger partial charge in [-0.3, -0.25) is 4.98 Å². The number of nitrogens with one attached hydrogen (secondary N) is 1. The van der Waals surface area contributed by atoms with E-state index in [0.29, 0.717) is 12.0 Å². The molecular weight excluding hydrogens is 236 g/mol. The standard InChI is InChI=1S/C16H26N2O/c1-3-10-17-14-8-5-4-7-13(12-14)16-15(19-2)9-6-11-18-16/h6,9,11,13-14,17H,3-5,7-8,10,12H2,1-2H3. The molecule has 2 rings (SSSR count). The van der Waals surface area contributed by atoms with Crippen molar-refractivity contribution in [2.75, 3.05) is 13.7 Å². The van der Waals surface area contributed by atoms with Crippen molar-refractivity contribution in [3.05, 3.63) is 24.0 Å². The lowest BCUT2D eigenvalue weighted by Crippen LogP contribution is -2.30. The summed E-state index contributed by atoms with van der Waals surface area (Å²) in [7, 11) is 1.74. The SMILES string of the molecule is CCCNC1CCCCC(c2ncccc2OC)C1. The van der Waals surface area contributed by atoms with Crippen LogP contribution >= 0.6 is 0 Å². The number of hydrogen-bond acceptors (Lipinski definition) is 3. The Hall–Kier alpha value is -1.09. The van der Waals surface area contributed by atoms with Crippen molar-refractivity contribution in [1.82, 2.24) is 10.3 Å². The number of nitrogens with zero attached hydrogens (tertiary/aromatic N) is 1. The second-order valence-corrected chi connectivity index (χ2v) is 5.46. The third kappa shape index (κ3) is 3.93. The van der Waals surface area contributed by atoms with Gasteiger partial charge in [-0.25, -0.2) is 0 Å². The molecule has 0 aromatic carbocycles. The highest BCUT2D eigenvalue weighted by Gasteiger charge is 2.24. The number of rotatable bonds is 5. The molecule has 1 aliphatic rings. The molecule has 0 radical (unpaired) electrons. The lowest BCUT2D eigenvalue weighted by atomic mass is 9.93. The van der Waals surface area contributed by atoms with Crippen LogP contribution in [-0.2, 0) is 0 Å². The molecule has 1 saturated carbocycles. The van der Waals surface area contributed by atoms with Crippen molar-refractivity contribution < 1.29 is 4.74 Å². The van der Waals surface area contributed by atoms with Crippen molar-refractivity contribution in [2.45, 2.75) is 57.4 Å².